The predicted octanol–water partition coefficient (Wildman–Crippen LogP) is 12.9. The van der Waals surface area contributed by atoms with Crippen molar-refractivity contribution in [2.24, 2.45) is 0 Å². The van der Waals surface area contributed by atoms with Crippen LogP contribution in [0.2, 0.25) is 0 Å². The first-order valence-corrected chi connectivity index (χ1v) is 20.8. The van der Waals surface area contributed by atoms with Gasteiger partial charge >= 0.3 is 21.1 Å². The van der Waals surface area contributed by atoms with Crippen molar-refractivity contribution < 1.29 is 25.8 Å². The Bertz CT molecular complexity index is 3680. The molecule has 0 atom stereocenters. The maximum absolute atomic E-state index is 6.87. The molecule has 1 aliphatic heterocycles. The van der Waals surface area contributed by atoms with E-state index in [1.807, 2.05) is 48.8 Å². The summed E-state index contributed by atoms with van der Waals surface area (Å²) in [6, 6.07) is 73.2. The first kappa shape index (κ1) is 37.1. The number of benzene rings is 7. The van der Waals surface area contributed by atoms with E-state index >= 15 is 0 Å². The molecule has 5 aromatic heterocycles. The Labute approximate surface area is 377 Å². The molecule has 0 aliphatic carbocycles. The molecule has 13 rings (SSSR count). The van der Waals surface area contributed by atoms with Crippen LogP contribution >= 0.6 is 0 Å². The van der Waals surface area contributed by atoms with Crippen LogP contribution in [0, 0.1) is 12.1 Å². The molecule has 6 heterocycles. The van der Waals surface area contributed by atoms with Crippen LogP contribution < -0.4 is 4.74 Å². The van der Waals surface area contributed by atoms with Crippen molar-refractivity contribution >= 4 is 49.4 Å². The molecule has 6 nitrogen and oxygen atoms in total. The van der Waals surface area contributed by atoms with Crippen molar-refractivity contribution in [3.8, 4) is 39.7 Å². The van der Waals surface area contributed by atoms with Gasteiger partial charge in [-0.25, -0.2) is 9.97 Å². The van der Waals surface area contributed by atoms with E-state index in [1.54, 1.807) is 0 Å². The Kier molecular flexibility index (Phi) is 8.53. The zero-order valence-electron chi connectivity index (χ0n) is 33.5. The second-order valence-corrected chi connectivity index (χ2v) is 15.8. The van der Waals surface area contributed by atoms with Crippen LogP contribution in [0.3, 0.4) is 0 Å². The molecule has 1 aliphatic rings. The minimum Gasteiger partial charge on any atom is -0.503 e. The standard InChI is InChI=1S/C56H33N5O.Pt/c1-5-16-36(17-6-1)50-51(37-18-7-2-8-19-37)61-54-44(25-14-33-58-54)42-30-28-40(34-46(42)55(61)59-50)62-41-29-31-47-49(35-41)60-52-43(45-26-15-32-57-53(45)60)24-13-27-48(52)56(47,38-20-9-3-10-21-38)39-22-11-4-12-23-39;/h1-33H;/q-2;+2. The van der Waals surface area contributed by atoms with Crippen LogP contribution in [-0.2, 0) is 26.5 Å². The topological polar surface area (TPSA) is 57.2 Å². The maximum atomic E-state index is 6.87. The van der Waals surface area contributed by atoms with E-state index in [9.17, 15) is 0 Å². The molecular weight excluding hydrogens is 954 g/mol. The van der Waals surface area contributed by atoms with Gasteiger partial charge in [0.15, 0.2) is 0 Å². The summed E-state index contributed by atoms with van der Waals surface area (Å²) in [5.74, 6) is 1.12. The molecule has 0 spiro atoms. The second kappa shape index (κ2) is 14.5. The van der Waals surface area contributed by atoms with Crippen molar-refractivity contribution in [3.05, 3.63) is 235 Å². The van der Waals surface area contributed by atoms with Crippen LogP contribution in [-0.4, -0.2) is 23.9 Å². The molecule has 0 saturated carbocycles. The SMILES string of the molecule is [Pt+2].[c-]1c(Oc2[c-]c3c(cc2)c2cccnc2n2c(-c4ccccc4)c(-c4ccccc4)nc32)ccc2c1-n1c3ncccc3c3cccc(c31)C2(c1ccccc1)c1ccccc1. The third-order valence-corrected chi connectivity index (χ3v) is 12.5. The van der Waals surface area contributed by atoms with Crippen LogP contribution in [0.25, 0.3) is 77.6 Å². The number of imidazole rings is 1. The smallest absolute Gasteiger partial charge is 0.503 e. The molecule has 7 heteroatoms. The fourth-order valence-electron chi connectivity index (χ4n) is 10.0. The number of rotatable bonds is 6. The number of para-hydroxylation sites is 1. The van der Waals surface area contributed by atoms with Gasteiger partial charge in [0, 0.05) is 51.2 Å². The minimum atomic E-state index is -0.653. The van der Waals surface area contributed by atoms with Crippen molar-refractivity contribution in [2.45, 2.75) is 5.41 Å². The molecule has 298 valence electrons. The van der Waals surface area contributed by atoms with E-state index in [0.717, 1.165) is 83.2 Å². The first-order valence-electron chi connectivity index (χ1n) is 20.8. The average Bonchev–Trinajstić information content (AvgIpc) is 3.92. The normalized spacial score (nSPS) is 12.8. The summed E-state index contributed by atoms with van der Waals surface area (Å²) in [5.41, 5.74) is 12.3. The van der Waals surface area contributed by atoms with Gasteiger partial charge in [0.1, 0.15) is 11.3 Å². The van der Waals surface area contributed by atoms with Crippen molar-refractivity contribution in [2.75, 3.05) is 0 Å². The molecule has 0 saturated heterocycles. The van der Waals surface area contributed by atoms with Crippen molar-refractivity contribution in [3.63, 3.8) is 0 Å². The van der Waals surface area contributed by atoms with Gasteiger partial charge in [0.05, 0.1) is 22.6 Å². The van der Waals surface area contributed by atoms with E-state index in [0.29, 0.717) is 11.5 Å². The number of pyridine rings is 3. The number of aromatic nitrogens is 5. The molecule has 63 heavy (non-hydrogen) atoms. The zero-order chi connectivity index (χ0) is 40.8. The Balaban J connectivity index is 0.00000421. The van der Waals surface area contributed by atoms with Crippen LogP contribution in [0.15, 0.2) is 200 Å². The number of nitrogens with zero attached hydrogens (tertiary/aromatic N) is 5. The van der Waals surface area contributed by atoms with E-state index < -0.39 is 5.41 Å². The summed E-state index contributed by atoms with van der Waals surface area (Å²) in [7, 11) is 0. The first-order chi connectivity index (χ1) is 30.8. The number of hydrogen-bond donors (Lipinski definition) is 0. The Hall–Kier alpha value is -7.66. The molecule has 0 bridgehead atoms. The van der Waals surface area contributed by atoms with Crippen LogP contribution in [0.4, 0.5) is 0 Å². The quantitative estimate of drug-likeness (QED) is 0.123. The van der Waals surface area contributed by atoms with Gasteiger partial charge in [-0.05, 0) is 40.3 Å². The molecule has 0 amide bonds. The molecule has 0 N–H and O–H groups in total. The Morgan fingerprint density at radius 2 is 1.05 bits per heavy atom. The van der Waals surface area contributed by atoms with Crippen molar-refractivity contribution in [1.82, 2.24) is 23.9 Å². The van der Waals surface area contributed by atoms with Gasteiger partial charge < -0.3 is 13.7 Å². The van der Waals surface area contributed by atoms with Gasteiger partial charge in [-0.2, -0.15) is 6.07 Å². The molecule has 7 aromatic carbocycles. The Morgan fingerprint density at radius 3 is 1.75 bits per heavy atom. The number of hydrogen-bond acceptors (Lipinski definition) is 4. The van der Waals surface area contributed by atoms with Crippen LogP contribution in [0.5, 0.6) is 11.5 Å². The van der Waals surface area contributed by atoms with Crippen LogP contribution in [0.1, 0.15) is 22.3 Å². The van der Waals surface area contributed by atoms with Crippen molar-refractivity contribution in [1.29, 1.82) is 0 Å². The summed E-state index contributed by atoms with van der Waals surface area (Å²) in [6.07, 6.45) is 3.71. The number of fused-ring (bicyclic) bond motifs is 11. The third kappa shape index (κ3) is 5.38. The Morgan fingerprint density at radius 1 is 0.460 bits per heavy atom. The average molecular weight is 987 g/mol. The summed E-state index contributed by atoms with van der Waals surface area (Å²) in [5, 5.41) is 5.06. The van der Waals surface area contributed by atoms with E-state index in [1.165, 1.54) is 16.7 Å². The van der Waals surface area contributed by atoms with E-state index in [4.69, 9.17) is 19.7 Å². The van der Waals surface area contributed by atoms with Gasteiger partial charge in [0.25, 0.3) is 0 Å². The fraction of sp³-hybridized carbons (Fsp3) is 0.0179. The van der Waals surface area contributed by atoms with E-state index in [2.05, 4.69) is 173 Å². The summed E-state index contributed by atoms with van der Waals surface area (Å²) >= 11 is 0. The molecule has 0 unspecified atom stereocenters. The summed E-state index contributed by atoms with van der Waals surface area (Å²) in [6.45, 7) is 0. The maximum Gasteiger partial charge on any atom is 2.00 e. The summed E-state index contributed by atoms with van der Waals surface area (Å²) < 4.78 is 11.3. The van der Waals surface area contributed by atoms with Gasteiger partial charge in [0.2, 0.25) is 0 Å². The largest absolute Gasteiger partial charge is 2.00 e. The number of ether oxygens (including phenoxy) is 1. The monoisotopic (exact) mass is 986 g/mol. The zero-order valence-corrected chi connectivity index (χ0v) is 35.8. The van der Waals surface area contributed by atoms with E-state index in [-0.39, 0.29) is 21.1 Å². The fourth-order valence-corrected chi connectivity index (χ4v) is 10.0. The van der Waals surface area contributed by atoms with Gasteiger partial charge in [-0.15, -0.1) is 29.8 Å². The minimum absolute atomic E-state index is 0. The molecule has 0 fully saturated rings. The molecule has 12 aromatic rings. The van der Waals surface area contributed by atoms with Gasteiger partial charge in [-0.3, -0.25) is 4.98 Å². The summed E-state index contributed by atoms with van der Waals surface area (Å²) in [4.78, 5) is 15.3. The predicted molar refractivity (Wildman–Crippen MR) is 247 cm³/mol. The molecular formula is C56H33N5OPt. The van der Waals surface area contributed by atoms with Gasteiger partial charge in [-0.1, -0.05) is 168 Å². The second-order valence-electron chi connectivity index (χ2n) is 15.8. The molecule has 0 radical (unpaired) electrons. The third-order valence-electron chi connectivity index (χ3n) is 12.5.